The number of aromatic nitrogens is 1. The van der Waals surface area contributed by atoms with E-state index in [1.165, 1.54) is 0 Å². The predicted molar refractivity (Wildman–Crippen MR) is 65.1 cm³/mol. The van der Waals surface area contributed by atoms with Crippen LogP contribution in [0.15, 0.2) is 24.3 Å². The summed E-state index contributed by atoms with van der Waals surface area (Å²) < 4.78 is 1.13. The van der Waals surface area contributed by atoms with Gasteiger partial charge in [-0.05, 0) is 19.1 Å². The summed E-state index contributed by atoms with van der Waals surface area (Å²) in [5, 5.41) is 3.64. The Bertz CT molecular complexity index is 474. The molecule has 1 aromatic heterocycles. The van der Waals surface area contributed by atoms with Gasteiger partial charge in [-0.25, -0.2) is 4.98 Å². The van der Waals surface area contributed by atoms with Crippen LogP contribution in [0.1, 0.15) is 11.9 Å². The molecule has 1 aromatic carbocycles. The molecule has 1 amide bonds. The molecule has 0 saturated heterocycles. The summed E-state index contributed by atoms with van der Waals surface area (Å²) >= 11 is 1.58. The van der Waals surface area contributed by atoms with Gasteiger partial charge in [-0.3, -0.25) is 4.79 Å². The molecule has 0 aliphatic heterocycles. The molecule has 3 N–H and O–H groups in total. The fourth-order valence-corrected chi connectivity index (χ4v) is 2.23. The van der Waals surface area contributed by atoms with E-state index in [0.29, 0.717) is 6.54 Å². The first-order chi connectivity index (χ1) is 7.66. The van der Waals surface area contributed by atoms with Crippen LogP contribution in [0.4, 0.5) is 0 Å². The third-order valence-corrected chi connectivity index (χ3v) is 3.20. The summed E-state index contributed by atoms with van der Waals surface area (Å²) in [6.07, 6.45) is 0. The molecular formula is C11H13N3OS. The van der Waals surface area contributed by atoms with Crippen LogP contribution in [-0.2, 0) is 11.3 Å². The number of nitrogens with two attached hydrogens (primary N) is 1. The van der Waals surface area contributed by atoms with Crippen LogP contribution in [0.3, 0.4) is 0 Å². The predicted octanol–water partition coefficient (Wildman–Crippen LogP) is 1.26. The Morgan fingerprint density at radius 1 is 1.56 bits per heavy atom. The fourth-order valence-electron chi connectivity index (χ4n) is 1.32. The maximum absolute atomic E-state index is 11.3. The minimum atomic E-state index is -0.477. The second kappa shape index (κ2) is 4.59. The molecule has 0 fully saturated rings. The first kappa shape index (κ1) is 11.0. The average Bonchev–Trinajstić information content (AvgIpc) is 2.68. The Morgan fingerprint density at radius 2 is 2.31 bits per heavy atom. The average molecular weight is 235 g/mol. The van der Waals surface area contributed by atoms with E-state index in [2.05, 4.69) is 10.3 Å². The van der Waals surface area contributed by atoms with Crippen molar-refractivity contribution in [1.82, 2.24) is 10.3 Å². The van der Waals surface area contributed by atoms with Crippen molar-refractivity contribution in [3.05, 3.63) is 29.3 Å². The van der Waals surface area contributed by atoms with E-state index >= 15 is 0 Å². The van der Waals surface area contributed by atoms with E-state index in [-0.39, 0.29) is 5.91 Å². The Kier molecular flexibility index (Phi) is 3.17. The van der Waals surface area contributed by atoms with Gasteiger partial charge in [0, 0.05) is 0 Å². The number of fused-ring (bicyclic) bond motifs is 1. The van der Waals surface area contributed by atoms with E-state index in [0.717, 1.165) is 15.2 Å². The Morgan fingerprint density at radius 3 is 3.00 bits per heavy atom. The number of thiazole rings is 1. The lowest BCUT2D eigenvalue weighted by Gasteiger charge is -2.04. The molecule has 1 unspecified atom stereocenters. The lowest BCUT2D eigenvalue weighted by Crippen LogP contribution is -2.37. The Balaban J connectivity index is 2.07. The molecule has 0 spiro atoms. The maximum Gasteiger partial charge on any atom is 0.236 e. The Hall–Kier alpha value is -1.46. The molecular weight excluding hydrogens is 222 g/mol. The zero-order chi connectivity index (χ0) is 11.5. The van der Waals surface area contributed by atoms with Crippen LogP contribution in [0, 0.1) is 0 Å². The summed E-state index contributed by atoms with van der Waals surface area (Å²) in [5.41, 5.74) is 6.42. The molecule has 0 aliphatic rings. The fraction of sp³-hybridized carbons (Fsp3) is 0.273. The summed E-state index contributed by atoms with van der Waals surface area (Å²) in [7, 11) is 0. The monoisotopic (exact) mass is 235 g/mol. The first-order valence-corrected chi connectivity index (χ1v) is 5.86. The number of carbonyl (C=O) groups excluding carboxylic acids is 1. The molecule has 1 atom stereocenters. The van der Waals surface area contributed by atoms with E-state index in [1.807, 2.05) is 24.3 Å². The van der Waals surface area contributed by atoms with Crippen molar-refractivity contribution in [2.45, 2.75) is 19.5 Å². The van der Waals surface area contributed by atoms with Crippen LogP contribution < -0.4 is 11.1 Å². The smallest absolute Gasteiger partial charge is 0.236 e. The molecule has 4 nitrogen and oxygen atoms in total. The lowest BCUT2D eigenvalue weighted by molar-refractivity contribution is -0.122. The van der Waals surface area contributed by atoms with Crippen LogP contribution in [0.5, 0.6) is 0 Å². The number of hydrogen-bond donors (Lipinski definition) is 2. The number of hydrogen-bond acceptors (Lipinski definition) is 4. The number of amides is 1. The van der Waals surface area contributed by atoms with Crippen molar-refractivity contribution in [3.63, 3.8) is 0 Å². The van der Waals surface area contributed by atoms with Crippen LogP contribution in [0.25, 0.3) is 10.2 Å². The second-order valence-corrected chi connectivity index (χ2v) is 4.70. The second-order valence-electron chi connectivity index (χ2n) is 3.58. The van der Waals surface area contributed by atoms with Crippen molar-refractivity contribution >= 4 is 27.5 Å². The van der Waals surface area contributed by atoms with Crippen LogP contribution in [0.2, 0.25) is 0 Å². The summed E-state index contributed by atoms with van der Waals surface area (Å²) in [5.74, 6) is -0.153. The van der Waals surface area contributed by atoms with Gasteiger partial charge < -0.3 is 11.1 Å². The number of rotatable bonds is 3. The van der Waals surface area contributed by atoms with Gasteiger partial charge in [0.1, 0.15) is 5.01 Å². The standard InChI is InChI=1S/C11H13N3OS/c1-7(12)11(15)13-6-10-14-8-4-2-3-5-9(8)16-10/h2-5,7H,6,12H2,1H3,(H,13,15). The third-order valence-electron chi connectivity index (χ3n) is 2.17. The van der Waals surface area contributed by atoms with E-state index in [9.17, 15) is 4.79 Å². The number of para-hydroxylation sites is 1. The highest BCUT2D eigenvalue weighted by Gasteiger charge is 2.08. The summed E-state index contributed by atoms with van der Waals surface area (Å²) in [6.45, 7) is 2.10. The van der Waals surface area contributed by atoms with Gasteiger partial charge in [0.2, 0.25) is 5.91 Å². The topological polar surface area (TPSA) is 68.0 Å². The zero-order valence-electron chi connectivity index (χ0n) is 8.93. The van der Waals surface area contributed by atoms with Gasteiger partial charge in [-0.1, -0.05) is 12.1 Å². The normalized spacial score (nSPS) is 12.6. The SMILES string of the molecule is CC(N)C(=O)NCc1nc2ccccc2s1. The lowest BCUT2D eigenvalue weighted by atomic mass is 10.3. The van der Waals surface area contributed by atoms with Gasteiger partial charge in [-0.15, -0.1) is 11.3 Å². The van der Waals surface area contributed by atoms with E-state index in [4.69, 9.17) is 5.73 Å². The molecule has 16 heavy (non-hydrogen) atoms. The number of carbonyl (C=O) groups is 1. The molecule has 0 aliphatic carbocycles. The van der Waals surface area contributed by atoms with Crippen molar-refractivity contribution in [3.8, 4) is 0 Å². The first-order valence-electron chi connectivity index (χ1n) is 5.04. The molecule has 2 aromatic rings. The molecule has 0 saturated carbocycles. The molecule has 0 radical (unpaired) electrons. The van der Waals surface area contributed by atoms with E-state index < -0.39 is 6.04 Å². The van der Waals surface area contributed by atoms with E-state index in [1.54, 1.807) is 18.3 Å². The van der Waals surface area contributed by atoms with Crippen molar-refractivity contribution in [1.29, 1.82) is 0 Å². The quantitative estimate of drug-likeness (QED) is 0.841. The van der Waals surface area contributed by atoms with Gasteiger partial charge >= 0.3 is 0 Å². The largest absolute Gasteiger partial charge is 0.348 e. The number of nitrogens with one attached hydrogen (secondary N) is 1. The molecule has 84 valence electrons. The minimum Gasteiger partial charge on any atom is -0.348 e. The molecule has 0 bridgehead atoms. The third kappa shape index (κ3) is 2.37. The van der Waals surface area contributed by atoms with Crippen molar-refractivity contribution in [2.75, 3.05) is 0 Å². The Labute approximate surface area is 97.5 Å². The minimum absolute atomic E-state index is 0.153. The maximum atomic E-state index is 11.3. The highest BCUT2D eigenvalue weighted by Crippen LogP contribution is 2.21. The van der Waals surface area contributed by atoms with Crippen molar-refractivity contribution < 1.29 is 4.79 Å². The molecule has 2 rings (SSSR count). The van der Waals surface area contributed by atoms with Gasteiger partial charge in [-0.2, -0.15) is 0 Å². The van der Waals surface area contributed by atoms with Gasteiger partial charge in [0.05, 0.1) is 22.8 Å². The zero-order valence-corrected chi connectivity index (χ0v) is 9.75. The van der Waals surface area contributed by atoms with Crippen molar-refractivity contribution in [2.24, 2.45) is 5.73 Å². The summed E-state index contributed by atoms with van der Waals surface area (Å²) in [6, 6.07) is 7.43. The van der Waals surface area contributed by atoms with Gasteiger partial charge in [0.25, 0.3) is 0 Å². The highest BCUT2D eigenvalue weighted by atomic mass is 32.1. The van der Waals surface area contributed by atoms with Crippen LogP contribution in [-0.4, -0.2) is 16.9 Å². The number of nitrogens with zero attached hydrogens (tertiary/aromatic N) is 1. The molecule has 1 heterocycles. The molecule has 5 heteroatoms. The highest BCUT2D eigenvalue weighted by molar-refractivity contribution is 7.18. The van der Waals surface area contributed by atoms with Crippen LogP contribution >= 0.6 is 11.3 Å². The number of benzene rings is 1. The summed E-state index contributed by atoms with van der Waals surface area (Å²) in [4.78, 5) is 15.7. The van der Waals surface area contributed by atoms with Gasteiger partial charge in [0.15, 0.2) is 0 Å².